The van der Waals surface area contributed by atoms with Crippen LogP contribution in [0.25, 0.3) is 0 Å². The highest BCUT2D eigenvalue weighted by molar-refractivity contribution is 5.79. The molecule has 0 unspecified atom stereocenters. The number of hydrogen-bond acceptors (Lipinski definition) is 3. The third kappa shape index (κ3) is 4.05. The molecule has 1 aliphatic rings. The van der Waals surface area contributed by atoms with Gasteiger partial charge >= 0.3 is 5.97 Å². The van der Waals surface area contributed by atoms with Gasteiger partial charge in [0.1, 0.15) is 0 Å². The normalized spacial score (nSPS) is 21.0. The first-order chi connectivity index (χ1) is 6.18. The maximum atomic E-state index is 10.2. The summed E-state index contributed by atoms with van der Waals surface area (Å²) >= 11 is 0. The molecule has 0 aromatic carbocycles. The number of nitrogens with zero attached hydrogens (tertiary/aromatic N) is 2. The van der Waals surface area contributed by atoms with Crippen LogP contribution in [0, 0.1) is 0 Å². The molecular formula is C9H16N2O2. The van der Waals surface area contributed by atoms with Crippen molar-refractivity contribution in [1.29, 1.82) is 0 Å². The molecule has 0 aromatic heterocycles. The number of piperazine rings is 1. The molecule has 0 amide bonds. The van der Waals surface area contributed by atoms with Crippen molar-refractivity contribution in [3.63, 3.8) is 0 Å². The minimum absolute atomic E-state index is 0.750. The highest BCUT2D eigenvalue weighted by atomic mass is 16.4. The van der Waals surface area contributed by atoms with Gasteiger partial charge in [-0.15, -0.1) is 0 Å². The molecule has 74 valence electrons. The van der Waals surface area contributed by atoms with Gasteiger partial charge in [0, 0.05) is 38.8 Å². The van der Waals surface area contributed by atoms with E-state index in [9.17, 15) is 4.79 Å². The Bertz CT molecular complexity index is 196. The summed E-state index contributed by atoms with van der Waals surface area (Å²) in [5.74, 6) is -0.867. The van der Waals surface area contributed by atoms with Crippen molar-refractivity contribution < 1.29 is 9.90 Å². The SMILES string of the molecule is CN1CCN(C/C=C/C(=O)O)CC1. The maximum absolute atomic E-state index is 10.2. The highest BCUT2D eigenvalue weighted by Gasteiger charge is 2.11. The molecule has 1 saturated heterocycles. The second kappa shape index (κ2) is 4.99. The van der Waals surface area contributed by atoms with Gasteiger partial charge < -0.3 is 10.0 Å². The first-order valence-corrected chi connectivity index (χ1v) is 4.49. The van der Waals surface area contributed by atoms with Crippen LogP contribution in [0.2, 0.25) is 0 Å². The van der Waals surface area contributed by atoms with E-state index in [0.29, 0.717) is 0 Å². The number of carboxylic acid groups (broad SMARTS) is 1. The first-order valence-electron chi connectivity index (χ1n) is 4.49. The van der Waals surface area contributed by atoms with Crippen LogP contribution in [0.5, 0.6) is 0 Å². The van der Waals surface area contributed by atoms with E-state index in [4.69, 9.17) is 5.11 Å². The van der Waals surface area contributed by atoms with E-state index in [0.717, 1.165) is 32.7 Å². The Hall–Kier alpha value is -0.870. The van der Waals surface area contributed by atoms with Crippen molar-refractivity contribution in [2.75, 3.05) is 39.8 Å². The van der Waals surface area contributed by atoms with Crippen LogP contribution in [-0.2, 0) is 4.79 Å². The molecule has 1 rings (SSSR count). The molecule has 1 aliphatic heterocycles. The number of carboxylic acids is 1. The van der Waals surface area contributed by atoms with Crippen LogP contribution >= 0.6 is 0 Å². The third-order valence-electron chi connectivity index (χ3n) is 2.22. The van der Waals surface area contributed by atoms with E-state index in [1.54, 1.807) is 6.08 Å². The number of likely N-dealkylation sites (N-methyl/N-ethyl adjacent to an activating group) is 1. The molecule has 13 heavy (non-hydrogen) atoms. The van der Waals surface area contributed by atoms with Gasteiger partial charge in [-0.2, -0.15) is 0 Å². The van der Waals surface area contributed by atoms with Gasteiger partial charge in [-0.3, -0.25) is 4.90 Å². The average molecular weight is 184 g/mol. The van der Waals surface area contributed by atoms with Crippen molar-refractivity contribution in [3.05, 3.63) is 12.2 Å². The van der Waals surface area contributed by atoms with E-state index in [-0.39, 0.29) is 0 Å². The van der Waals surface area contributed by atoms with E-state index >= 15 is 0 Å². The van der Waals surface area contributed by atoms with E-state index in [1.807, 2.05) is 0 Å². The fourth-order valence-electron chi connectivity index (χ4n) is 1.33. The lowest BCUT2D eigenvalue weighted by molar-refractivity contribution is -0.131. The first kappa shape index (κ1) is 10.2. The molecule has 0 spiro atoms. The van der Waals surface area contributed by atoms with Gasteiger partial charge in [0.25, 0.3) is 0 Å². The lowest BCUT2D eigenvalue weighted by Gasteiger charge is -2.31. The van der Waals surface area contributed by atoms with E-state index in [2.05, 4.69) is 16.8 Å². The fraction of sp³-hybridized carbons (Fsp3) is 0.667. The van der Waals surface area contributed by atoms with Crippen molar-refractivity contribution >= 4 is 5.97 Å². The maximum Gasteiger partial charge on any atom is 0.328 e. The predicted octanol–water partition coefficient (Wildman–Crippen LogP) is -0.125. The molecular weight excluding hydrogens is 168 g/mol. The topological polar surface area (TPSA) is 43.8 Å². The molecule has 1 fully saturated rings. The van der Waals surface area contributed by atoms with Crippen molar-refractivity contribution in [3.8, 4) is 0 Å². The Labute approximate surface area is 78.4 Å². The molecule has 4 heteroatoms. The average Bonchev–Trinajstić information content (AvgIpc) is 2.08. The Kier molecular flexibility index (Phi) is 3.92. The number of carbonyl (C=O) groups is 1. The van der Waals surface area contributed by atoms with Gasteiger partial charge in [-0.1, -0.05) is 6.08 Å². The van der Waals surface area contributed by atoms with Crippen molar-refractivity contribution in [2.45, 2.75) is 0 Å². The standard InChI is InChI=1S/C9H16N2O2/c1-10-5-7-11(8-6-10)4-2-3-9(12)13/h2-3H,4-8H2,1H3,(H,12,13)/b3-2+. The molecule has 1 heterocycles. The smallest absolute Gasteiger partial charge is 0.328 e. The summed E-state index contributed by atoms with van der Waals surface area (Å²) in [6, 6.07) is 0. The molecule has 0 saturated carbocycles. The van der Waals surface area contributed by atoms with Crippen molar-refractivity contribution in [1.82, 2.24) is 9.80 Å². The van der Waals surface area contributed by atoms with E-state index in [1.165, 1.54) is 6.08 Å². The molecule has 0 atom stereocenters. The third-order valence-corrected chi connectivity index (χ3v) is 2.22. The van der Waals surface area contributed by atoms with Gasteiger partial charge in [0.2, 0.25) is 0 Å². The van der Waals surface area contributed by atoms with Crippen molar-refractivity contribution in [2.24, 2.45) is 0 Å². The number of hydrogen-bond donors (Lipinski definition) is 1. The van der Waals surface area contributed by atoms with Gasteiger partial charge in [0.05, 0.1) is 0 Å². The summed E-state index contributed by atoms with van der Waals surface area (Å²) in [5.41, 5.74) is 0. The van der Waals surface area contributed by atoms with Crippen LogP contribution < -0.4 is 0 Å². The Morgan fingerprint density at radius 1 is 1.38 bits per heavy atom. The quantitative estimate of drug-likeness (QED) is 0.621. The van der Waals surface area contributed by atoms with Crippen LogP contribution in [0.1, 0.15) is 0 Å². The summed E-state index contributed by atoms with van der Waals surface area (Å²) in [7, 11) is 2.10. The molecule has 1 N–H and O–H groups in total. The number of rotatable bonds is 3. The lowest BCUT2D eigenvalue weighted by atomic mass is 10.3. The van der Waals surface area contributed by atoms with Gasteiger partial charge in [-0.05, 0) is 7.05 Å². The Morgan fingerprint density at radius 3 is 2.54 bits per heavy atom. The van der Waals surface area contributed by atoms with Crippen LogP contribution in [0.15, 0.2) is 12.2 Å². The minimum Gasteiger partial charge on any atom is -0.478 e. The fourth-order valence-corrected chi connectivity index (χ4v) is 1.33. The highest BCUT2D eigenvalue weighted by Crippen LogP contribution is 1.98. The monoisotopic (exact) mass is 184 g/mol. The summed E-state index contributed by atoms with van der Waals surface area (Å²) < 4.78 is 0. The second-order valence-corrected chi connectivity index (χ2v) is 3.34. The zero-order valence-corrected chi connectivity index (χ0v) is 7.94. The summed E-state index contributed by atoms with van der Waals surface area (Å²) in [4.78, 5) is 14.7. The van der Waals surface area contributed by atoms with Crippen LogP contribution in [0.3, 0.4) is 0 Å². The second-order valence-electron chi connectivity index (χ2n) is 3.34. The Balaban J connectivity index is 2.19. The zero-order valence-electron chi connectivity index (χ0n) is 7.94. The van der Waals surface area contributed by atoms with E-state index < -0.39 is 5.97 Å². The Morgan fingerprint density at radius 2 is 2.00 bits per heavy atom. The summed E-state index contributed by atoms with van der Waals surface area (Å²) in [5, 5.41) is 8.37. The number of aliphatic carboxylic acids is 1. The molecule has 4 nitrogen and oxygen atoms in total. The molecule has 0 aromatic rings. The molecule has 0 aliphatic carbocycles. The predicted molar refractivity (Wildman–Crippen MR) is 50.7 cm³/mol. The summed E-state index contributed by atoms with van der Waals surface area (Å²) in [6.07, 6.45) is 2.91. The van der Waals surface area contributed by atoms with Crippen LogP contribution in [0.4, 0.5) is 0 Å². The zero-order chi connectivity index (χ0) is 9.68. The van der Waals surface area contributed by atoms with Crippen LogP contribution in [-0.4, -0.2) is 60.6 Å². The van der Waals surface area contributed by atoms with Gasteiger partial charge in [0.15, 0.2) is 0 Å². The molecule has 0 radical (unpaired) electrons. The molecule has 0 bridgehead atoms. The summed E-state index contributed by atoms with van der Waals surface area (Å²) in [6.45, 7) is 4.95. The largest absolute Gasteiger partial charge is 0.478 e. The minimum atomic E-state index is -0.867. The van der Waals surface area contributed by atoms with Gasteiger partial charge in [-0.25, -0.2) is 4.79 Å². The lowest BCUT2D eigenvalue weighted by Crippen LogP contribution is -2.44.